The molecule has 4 nitrogen and oxygen atoms in total. The zero-order valence-corrected chi connectivity index (χ0v) is 13.5. The van der Waals surface area contributed by atoms with Crippen LogP contribution in [0.5, 0.6) is 5.75 Å². The highest BCUT2D eigenvalue weighted by molar-refractivity contribution is 5.78. The Morgan fingerprint density at radius 3 is 2.71 bits per heavy atom. The summed E-state index contributed by atoms with van der Waals surface area (Å²) in [6, 6.07) is 7.62. The molecular formula is C17H27NO3. The number of rotatable bonds is 8. The number of aliphatic hydroxyl groups excluding tert-OH is 1. The quantitative estimate of drug-likeness (QED) is 0.774. The third-order valence-corrected chi connectivity index (χ3v) is 3.19. The Kier molecular flexibility index (Phi) is 6.69. The van der Waals surface area contributed by atoms with Crippen molar-refractivity contribution in [1.29, 1.82) is 0 Å². The summed E-state index contributed by atoms with van der Waals surface area (Å²) in [5, 5.41) is 11.9. The summed E-state index contributed by atoms with van der Waals surface area (Å²) in [6.07, 6.45) is 1.13. The van der Waals surface area contributed by atoms with E-state index in [1.165, 1.54) is 0 Å². The lowest BCUT2D eigenvalue weighted by atomic mass is 9.89. The smallest absolute Gasteiger partial charge is 0.224 e. The maximum absolute atomic E-state index is 12.0. The molecule has 0 fully saturated rings. The van der Waals surface area contributed by atoms with Gasteiger partial charge in [-0.2, -0.15) is 0 Å². The summed E-state index contributed by atoms with van der Waals surface area (Å²) in [7, 11) is 0. The molecule has 1 amide bonds. The van der Waals surface area contributed by atoms with E-state index in [2.05, 4.69) is 5.32 Å². The summed E-state index contributed by atoms with van der Waals surface area (Å²) < 4.78 is 5.62. The minimum absolute atomic E-state index is 0.0114. The number of hydrogen-bond donors (Lipinski definition) is 2. The number of benzene rings is 1. The fraction of sp³-hybridized carbons (Fsp3) is 0.588. The van der Waals surface area contributed by atoms with E-state index >= 15 is 0 Å². The van der Waals surface area contributed by atoms with Crippen LogP contribution in [0.25, 0.3) is 0 Å². The molecule has 0 heterocycles. The van der Waals surface area contributed by atoms with Gasteiger partial charge < -0.3 is 15.2 Å². The number of nitrogens with one attached hydrogen (secondary N) is 1. The van der Waals surface area contributed by atoms with E-state index in [1.54, 1.807) is 0 Å². The van der Waals surface area contributed by atoms with Crippen molar-refractivity contribution in [3.63, 3.8) is 0 Å². The summed E-state index contributed by atoms with van der Waals surface area (Å²) in [5.41, 5.74) is 0.845. The molecular weight excluding hydrogens is 266 g/mol. The number of ether oxygens (including phenoxy) is 1. The maximum atomic E-state index is 12.0. The first-order chi connectivity index (χ1) is 9.82. The predicted molar refractivity (Wildman–Crippen MR) is 84.4 cm³/mol. The van der Waals surface area contributed by atoms with Gasteiger partial charge in [0.25, 0.3) is 0 Å². The minimum atomic E-state index is -0.0903. The molecule has 1 aromatic rings. The first-order valence-corrected chi connectivity index (χ1v) is 7.45. The summed E-state index contributed by atoms with van der Waals surface area (Å²) >= 11 is 0. The van der Waals surface area contributed by atoms with Crippen LogP contribution < -0.4 is 10.1 Å². The van der Waals surface area contributed by atoms with Crippen LogP contribution in [0.4, 0.5) is 0 Å². The van der Waals surface area contributed by atoms with E-state index in [0.29, 0.717) is 19.4 Å². The van der Waals surface area contributed by atoms with Gasteiger partial charge in [-0.25, -0.2) is 0 Å². The van der Waals surface area contributed by atoms with Crippen molar-refractivity contribution in [2.45, 2.75) is 46.6 Å². The van der Waals surface area contributed by atoms with Gasteiger partial charge in [-0.1, -0.05) is 26.0 Å². The average Bonchev–Trinajstić information content (AvgIpc) is 2.36. The zero-order chi connectivity index (χ0) is 15.9. The van der Waals surface area contributed by atoms with Crippen molar-refractivity contribution in [3.8, 4) is 5.75 Å². The fourth-order valence-electron chi connectivity index (χ4n) is 1.98. The van der Waals surface area contributed by atoms with Crippen LogP contribution in [0.3, 0.4) is 0 Å². The molecule has 0 aliphatic heterocycles. The molecule has 2 N–H and O–H groups in total. The molecule has 0 unspecified atom stereocenters. The van der Waals surface area contributed by atoms with E-state index in [4.69, 9.17) is 9.84 Å². The zero-order valence-electron chi connectivity index (χ0n) is 13.5. The van der Waals surface area contributed by atoms with Crippen molar-refractivity contribution >= 4 is 5.91 Å². The lowest BCUT2D eigenvalue weighted by molar-refractivity contribution is -0.120. The summed E-state index contributed by atoms with van der Waals surface area (Å²) in [6.45, 7) is 8.71. The van der Waals surface area contributed by atoms with Crippen molar-refractivity contribution in [2.24, 2.45) is 5.41 Å². The van der Waals surface area contributed by atoms with Crippen molar-refractivity contribution in [3.05, 3.63) is 29.8 Å². The van der Waals surface area contributed by atoms with Gasteiger partial charge in [-0.05, 0) is 43.4 Å². The Bertz CT molecular complexity index is 455. The van der Waals surface area contributed by atoms with Crippen LogP contribution in [0.1, 0.15) is 39.7 Å². The van der Waals surface area contributed by atoms with Gasteiger partial charge in [0, 0.05) is 13.2 Å². The molecule has 0 saturated heterocycles. The van der Waals surface area contributed by atoms with Gasteiger partial charge >= 0.3 is 0 Å². The molecule has 0 saturated carbocycles. The van der Waals surface area contributed by atoms with Crippen LogP contribution >= 0.6 is 0 Å². The van der Waals surface area contributed by atoms with E-state index < -0.39 is 0 Å². The second-order valence-corrected chi connectivity index (χ2v) is 6.41. The first-order valence-electron chi connectivity index (χ1n) is 7.45. The minimum Gasteiger partial charge on any atom is -0.491 e. The van der Waals surface area contributed by atoms with Crippen LogP contribution in [-0.2, 0) is 11.2 Å². The molecule has 1 rings (SSSR count). The number of amides is 1. The lowest BCUT2D eigenvalue weighted by Crippen LogP contribution is -2.35. The highest BCUT2D eigenvalue weighted by Crippen LogP contribution is 2.18. The molecule has 0 aliphatic carbocycles. The Labute approximate surface area is 127 Å². The van der Waals surface area contributed by atoms with E-state index in [1.807, 2.05) is 52.0 Å². The number of carbonyl (C=O) groups is 1. The SMILES string of the molecule is CC(C)Oc1cccc(CC(=O)NCC(C)(C)CCO)c1. The third-order valence-electron chi connectivity index (χ3n) is 3.19. The Hall–Kier alpha value is -1.55. The van der Waals surface area contributed by atoms with Crippen LogP contribution in [0, 0.1) is 5.41 Å². The molecule has 0 aromatic heterocycles. The van der Waals surface area contributed by atoms with Gasteiger partial charge in [-0.15, -0.1) is 0 Å². The second kappa shape index (κ2) is 8.03. The summed E-state index contributed by atoms with van der Waals surface area (Å²) in [5.74, 6) is 0.777. The highest BCUT2D eigenvalue weighted by atomic mass is 16.5. The largest absolute Gasteiger partial charge is 0.491 e. The molecule has 0 radical (unpaired) electrons. The van der Waals surface area contributed by atoms with Crippen molar-refractivity contribution < 1.29 is 14.6 Å². The molecule has 118 valence electrons. The summed E-state index contributed by atoms with van der Waals surface area (Å²) in [4.78, 5) is 12.0. The Morgan fingerprint density at radius 2 is 2.10 bits per heavy atom. The monoisotopic (exact) mass is 293 g/mol. The molecule has 1 aromatic carbocycles. The van der Waals surface area contributed by atoms with Crippen molar-refractivity contribution in [2.75, 3.05) is 13.2 Å². The molecule has 4 heteroatoms. The van der Waals surface area contributed by atoms with Gasteiger partial charge in [0.15, 0.2) is 0 Å². The standard InChI is InChI=1S/C17H27NO3/c1-13(2)21-15-7-5-6-14(10-15)11-16(20)18-12-17(3,4)8-9-19/h5-7,10,13,19H,8-9,11-12H2,1-4H3,(H,18,20). The molecule has 0 atom stereocenters. The van der Waals surface area contributed by atoms with Crippen LogP contribution in [0.15, 0.2) is 24.3 Å². The predicted octanol–water partition coefficient (Wildman–Crippen LogP) is 2.54. The number of hydrogen-bond acceptors (Lipinski definition) is 3. The van der Waals surface area contributed by atoms with E-state index in [9.17, 15) is 4.79 Å². The molecule has 0 aliphatic rings. The second-order valence-electron chi connectivity index (χ2n) is 6.41. The van der Waals surface area contributed by atoms with Gasteiger partial charge in [0.1, 0.15) is 5.75 Å². The third kappa shape index (κ3) is 7.14. The van der Waals surface area contributed by atoms with E-state index in [0.717, 1.165) is 11.3 Å². The van der Waals surface area contributed by atoms with Gasteiger partial charge in [0.2, 0.25) is 5.91 Å². The number of carbonyl (C=O) groups excluding carboxylic acids is 1. The number of aliphatic hydroxyl groups is 1. The van der Waals surface area contributed by atoms with Crippen molar-refractivity contribution in [1.82, 2.24) is 5.32 Å². The fourth-order valence-corrected chi connectivity index (χ4v) is 1.98. The highest BCUT2D eigenvalue weighted by Gasteiger charge is 2.18. The molecule has 0 bridgehead atoms. The first kappa shape index (κ1) is 17.5. The average molecular weight is 293 g/mol. The molecule has 21 heavy (non-hydrogen) atoms. The van der Waals surface area contributed by atoms with Crippen LogP contribution in [0.2, 0.25) is 0 Å². The van der Waals surface area contributed by atoms with Crippen LogP contribution in [-0.4, -0.2) is 30.3 Å². The maximum Gasteiger partial charge on any atom is 0.224 e. The Balaban J connectivity index is 2.51. The lowest BCUT2D eigenvalue weighted by Gasteiger charge is -2.23. The topological polar surface area (TPSA) is 58.6 Å². The van der Waals surface area contributed by atoms with Gasteiger partial charge in [-0.3, -0.25) is 4.79 Å². The Morgan fingerprint density at radius 1 is 1.38 bits per heavy atom. The van der Waals surface area contributed by atoms with Gasteiger partial charge in [0.05, 0.1) is 12.5 Å². The molecule has 0 spiro atoms. The van der Waals surface area contributed by atoms with E-state index in [-0.39, 0.29) is 24.0 Å². The normalized spacial score (nSPS) is 11.5.